The molecule has 3 rings (SSSR count). The largest absolute Gasteiger partial charge is 0.497 e. The number of esters is 1. The van der Waals surface area contributed by atoms with Crippen molar-refractivity contribution in [1.82, 2.24) is 19.6 Å². The number of aromatic amines is 1. The number of aromatic nitrogens is 4. The Balaban J connectivity index is 1.97. The summed E-state index contributed by atoms with van der Waals surface area (Å²) in [6.07, 6.45) is 0. The number of hydrogen-bond acceptors (Lipinski definition) is 7. The van der Waals surface area contributed by atoms with Crippen LogP contribution in [0.15, 0.2) is 40.3 Å². The van der Waals surface area contributed by atoms with Gasteiger partial charge in [0.15, 0.2) is 5.16 Å². The Morgan fingerprint density at radius 3 is 2.88 bits per heavy atom. The van der Waals surface area contributed by atoms with Crippen LogP contribution in [-0.4, -0.2) is 45.5 Å². The van der Waals surface area contributed by atoms with Crippen molar-refractivity contribution >= 4 is 23.5 Å². The van der Waals surface area contributed by atoms with Crippen molar-refractivity contribution in [3.63, 3.8) is 0 Å². The van der Waals surface area contributed by atoms with Crippen LogP contribution in [0.2, 0.25) is 0 Å². The van der Waals surface area contributed by atoms with E-state index in [9.17, 15) is 9.59 Å². The second kappa shape index (κ2) is 6.75. The zero-order valence-corrected chi connectivity index (χ0v) is 13.8. The van der Waals surface area contributed by atoms with Gasteiger partial charge in [-0.15, -0.1) is 0 Å². The van der Waals surface area contributed by atoms with Crippen molar-refractivity contribution in [3.8, 4) is 17.0 Å². The van der Waals surface area contributed by atoms with Crippen molar-refractivity contribution < 1.29 is 14.3 Å². The first-order chi connectivity index (χ1) is 11.6. The molecule has 0 atom stereocenters. The zero-order chi connectivity index (χ0) is 17.1. The fourth-order valence-corrected chi connectivity index (χ4v) is 2.72. The van der Waals surface area contributed by atoms with Crippen LogP contribution < -0.4 is 10.3 Å². The highest BCUT2D eigenvalue weighted by Gasteiger charge is 2.11. The van der Waals surface area contributed by atoms with Crippen molar-refractivity contribution in [1.29, 1.82) is 0 Å². The fourth-order valence-electron chi connectivity index (χ4n) is 2.04. The molecular weight excluding hydrogens is 332 g/mol. The van der Waals surface area contributed by atoms with Gasteiger partial charge in [0, 0.05) is 11.6 Å². The normalized spacial score (nSPS) is 10.8. The molecule has 1 N–H and O–H groups in total. The second-order valence-electron chi connectivity index (χ2n) is 4.74. The average Bonchev–Trinajstić information content (AvgIpc) is 3.03. The van der Waals surface area contributed by atoms with Crippen molar-refractivity contribution in [2.24, 2.45) is 0 Å². The Morgan fingerprint density at radius 2 is 2.12 bits per heavy atom. The van der Waals surface area contributed by atoms with Crippen molar-refractivity contribution in [3.05, 3.63) is 40.7 Å². The molecule has 1 aromatic carbocycles. The highest BCUT2D eigenvalue weighted by Crippen LogP contribution is 2.22. The van der Waals surface area contributed by atoms with Gasteiger partial charge >= 0.3 is 5.97 Å². The molecule has 0 saturated carbocycles. The van der Waals surface area contributed by atoms with Crippen LogP contribution in [0.25, 0.3) is 17.0 Å². The summed E-state index contributed by atoms with van der Waals surface area (Å²) in [5.74, 6) is 0.615. The summed E-state index contributed by atoms with van der Waals surface area (Å²) in [6.45, 7) is 0. The topological polar surface area (TPSA) is 98.6 Å². The molecule has 124 valence electrons. The molecule has 24 heavy (non-hydrogen) atoms. The monoisotopic (exact) mass is 346 g/mol. The standard InChI is InChI=1S/C15H14N4O4S/c1-22-10-5-3-4-9(6-10)11-7-12(20)19-14(16-11)17-15(18-19)24-8-13(21)23-2/h3-7H,8H2,1-2H3,(H,16,17,18). The minimum Gasteiger partial charge on any atom is -0.497 e. The van der Waals surface area contributed by atoms with Gasteiger partial charge in [-0.2, -0.15) is 9.50 Å². The molecule has 0 spiro atoms. The molecule has 2 aromatic heterocycles. The molecule has 0 bridgehead atoms. The van der Waals surface area contributed by atoms with Crippen LogP contribution in [0.5, 0.6) is 5.75 Å². The van der Waals surface area contributed by atoms with E-state index in [0.29, 0.717) is 16.6 Å². The van der Waals surface area contributed by atoms with E-state index in [1.54, 1.807) is 13.2 Å². The number of methoxy groups -OCH3 is 2. The third kappa shape index (κ3) is 3.25. The Hall–Kier alpha value is -2.81. The summed E-state index contributed by atoms with van der Waals surface area (Å²) in [4.78, 5) is 32.1. The molecule has 0 aliphatic rings. The van der Waals surface area contributed by atoms with Gasteiger partial charge < -0.3 is 9.47 Å². The van der Waals surface area contributed by atoms with Gasteiger partial charge in [-0.3, -0.25) is 14.7 Å². The molecule has 0 aliphatic carbocycles. The Labute approximate surface area is 140 Å². The summed E-state index contributed by atoms with van der Waals surface area (Å²) < 4.78 is 11.0. The van der Waals surface area contributed by atoms with E-state index >= 15 is 0 Å². The first kappa shape index (κ1) is 16.1. The van der Waals surface area contributed by atoms with Gasteiger partial charge in [0.2, 0.25) is 0 Å². The smallest absolute Gasteiger partial charge is 0.316 e. The first-order valence-electron chi connectivity index (χ1n) is 6.94. The molecule has 0 saturated heterocycles. The third-order valence-corrected chi connectivity index (χ3v) is 4.07. The van der Waals surface area contributed by atoms with Gasteiger partial charge in [-0.25, -0.2) is 4.98 Å². The molecule has 2 heterocycles. The number of nitrogens with one attached hydrogen (secondary N) is 1. The average molecular weight is 346 g/mol. The zero-order valence-electron chi connectivity index (χ0n) is 13.0. The summed E-state index contributed by atoms with van der Waals surface area (Å²) in [5, 5.41) is 3.22. The maximum absolute atomic E-state index is 12.3. The summed E-state index contributed by atoms with van der Waals surface area (Å²) in [5.41, 5.74) is 0.950. The quantitative estimate of drug-likeness (QED) is 0.550. The lowest BCUT2D eigenvalue weighted by Crippen LogP contribution is -2.14. The highest BCUT2D eigenvalue weighted by atomic mass is 32.2. The van der Waals surface area contributed by atoms with E-state index in [-0.39, 0.29) is 23.1 Å². The van der Waals surface area contributed by atoms with Crippen LogP contribution in [0.4, 0.5) is 0 Å². The Kier molecular flexibility index (Phi) is 4.52. The van der Waals surface area contributed by atoms with E-state index in [1.165, 1.54) is 17.7 Å². The molecule has 0 aliphatic heterocycles. The maximum Gasteiger partial charge on any atom is 0.316 e. The van der Waals surface area contributed by atoms with E-state index < -0.39 is 0 Å². The highest BCUT2D eigenvalue weighted by molar-refractivity contribution is 7.99. The predicted molar refractivity (Wildman–Crippen MR) is 88.3 cm³/mol. The molecular formula is C15H14N4O4S. The number of H-pyrrole nitrogens is 1. The number of nitrogens with zero attached hydrogens (tertiary/aromatic N) is 3. The fraction of sp³-hybridized carbons (Fsp3) is 0.200. The number of carbonyl (C=O) groups excluding carboxylic acids is 1. The first-order valence-corrected chi connectivity index (χ1v) is 7.93. The van der Waals surface area contributed by atoms with Gasteiger partial charge in [-0.1, -0.05) is 23.9 Å². The van der Waals surface area contributed by atoms with Gasteiger partial charge in [-0.05, 0) is 12.1 Å². The summed E-state index contributed by atoms with van der Waals surface area (Å²) >= 11 is 1.13. The van der Waals surface area contributed by atoms with Crippen molar-refractivity contribution in [2.75, 3.05) is 20.0 Å². The minimum absolute atomic E-state index is 0.0911. The molecule has 3 aromatic rings. The Morgan fingerprint density at radius 1 is 1.29 bits per heavy atom. The van der Waals surface area contributed by atoms with Crippen LogP contribution >= 0.6 is 11.8 Å². The second-order valence-corrected chi connectivity index (χ2v) is 5.70. The van der Waals surface area contributed by atoms with E-state index in [1.807, 2.05) is 18.2 Å². The number of fused-ring (bicyclic) bond motifs is 1. The summed E-state index contributed by atoms with van der Waals surface area (Å²) in [7, 11) is 2.89. The lowest BCUT2D eigenvalue weighted by molar-refractivity contribution is -0.137. The van der Waals surface area contributed by atoms with Crippen LogP contribution in [-0.2, 0) is 9.53 Å². The lowest BCUT2D eigenvalue weighted by atomic mass is 10.1. The SMILES string of the molecule is COC(=O)CSc1nc2nc(-c3cccc(OC)c3)cc(=O)n2[nH]1. The molecule has 8 nitrogen and oxygen atoms in total. The molecule has 0 unspecified atom stereocenters. The number of hydrogen-bond donors (Lipinski definition) is 1. The van der Waals surface area contributed by atoms with Gasteiger partial charge in [0.1, 0.15) is 5.75 Å². The van der Waals surface area contributed by atoms with E-state index in [4.69, 9.17) is 4.74 Å². The molecule has 9 heteroatoms. The summed E-state index contributed by atoms with van der Waals surface area (Å²) in [6, 6.07) is 8.66. The predicted octanol–water partition coefficient (Wildman–Crippen LogP) is 1.36. The maximum atomic E-state index is 12.3. The molecule has 0 fully saturated rings. The van der Waals surface area contributed by atoms with Crippen LogP contribution in [0.1, 0.15) is 0 Å². The third-order valence-electron chi connectivity index (χ3n) is 3.23. The minimum atomic E-state index is -0.377. The lowest BCUT2D eigenvalue weighted by Gasteiger charge is -2.03. The van der Waals surface area contributed by atoms with Gasteiger partial charge in [0.25, 0.3) is 11.3 Å². The van der Waals surface area contributed by atoms with E-state index in [2.05, 4.69) is 19.8 Å². The van der Waals surface area contributed by atoms with Crippen LogP contribution in [0.3, 0.4) is 0 Å². The van der Waals surface area contributed by atoms with Gasteiger partial charge in [0.05, 0.1) is 25.7 Å². The number of thioether (sulfide) groups is 1. The van der Waals surface area contributed by atoms with Crippen LogP contribution in [0, 0.1) is 0 Å². The molecule has 0 radical (unpaired) electrons. The number of ether oxygens (including phenoxy) is 2. The van der Waals surface area contributed by atoms with Crippen molar-refractivity contribution in [2.45, 2.75) is 5.16 Å². The molecule has 0 amide bonds. The van der Waals surface area contributed by atoms with E-state index in [0.717, 1.165) is 17.3 Å². The number of rotatable bonds is 5. The number of benzene rings is 1. The Bertz CT molecular complexity index is 950. The number of carbonyl (C=O) groups is 1.